The number of nitrogens with two attached hydrogens (primary N) is 1. The van der Waals surface area contributed by atoms with Crippen molar-refractivity contribution in [1.29, 1.82) is 0 Å². The minimum atomic E-state index is -4.26. The topological polar surface area (TPSA) is 119 Å². The number of aryl methyl sites for hydroxylation is 1. The summed E-state index contributed by atoms with van der Waals surface area (Å²) in [7, 11) is -4.26. The molecule has 1 aromatic heterocycles. The molecule has 0 saturated heterocycles. The van der Waals surface area contributed by atoms with Crippen molar-refractivity contribution in [2.45, 2.75) is 24.7 Å². The van der Waals surface area contributed by atoms with Crippen LogP contribution in [0.2, 0.25) is 0 Å². The number of hydrogen-bond donors (Lipinski definition) is 2. The quantitative estimate of drug-likeness (QED) is 0.815. The minimum absolute atomic E-state index is 0.0923. The second-order valence-corrected chi connectivity index (χ2v) is 6.70. The van der Waals surface area contributed by atoms with Gasteiger partial charge in [-0.15, -0.1) is 0 Å². The van der Waals surface area contributed by atoms with Crippen LogP contribution in [0.15, 0.2) is 47.6 Å². The van der Waals surface area contributed by atoms with E-state index in [-0.39, 0.29) is 16.0 Å². The molecule has 0 aliphatic carbocycles. The van der Waals surface area contributed by atoms with Gasteiger partial charge in [-0.1, -0.05) is 25.5 Å². The molecule has 0 bridgehead atoms. The van der Waals surface area contributed by atoms with Crippen LogP contribution < -0.4 is 10.5 Å². The number of carbonyl (C=O) groups is 2. The summed E-state index contributed by atoms with van der Waals surface area (Å²) in [6.45, 7) is 1.88. The van der Waals surface area contributed by atoms with Crippen molar-refractivity contribution in [3.05, 3.63) is 59.4 Å². The molecular formula is C16H17N3O4S. The van der Waals surface area contributed by atoms with Crippen molar-refractivity contribution in [2.75, 3.05) is 0 Å². The van der Waals surface area contributed by atoms with Gasteiger partial charge in [0.1, 0.15) is 4.90 Å². The molecule has 2 rings (SSSR count). The Kier molecular flexibility index (Phi) is 5.30. The normalized spacial score (nSPS) is 11.0. The predicted octanol–water partition coefficient (Wildman–Crippen LogP) is 1.25. The van der Waals surface area contributed by atoms with E-state index >= 15 is 0 Å². The van der Waals surface area contributed by atoms with Gasteiger partial charge < -0.3 is 5.73 Å². The number of nitrogens with zero attached hydrogens (tertiary/aromatic N) is 1. The average Bonchev–Trinajstić information content (AvgIpc) is 2.55. The highest BCUT2D eigenvalue weighted by molar-refractivity contribution is 7.90. The lowest BCUT2D eigenvalue weighted by molar-refractivity contribution is 0.0974. The summed E-state index contributed by atoms with van der Waals surface area (Å²) >= 11 is 0. The monoisotopic (exact) mass is 347 g/mol. The van der Waals surface area contributed by atoms with Gasteiger partial charge in [0.05, 0.1) is 11.1 Å². The molecular weight excluding hydrogens is 330 g/mol. The van der Waals surface area contributed by atoms with Crippen LogP contribution >= 0.6 is 0 Å². The summed E-state index contributed by atoms with van der Waals surface area (Å²) in [5, 5.41) is 0. The second-order valence-electron chi connectivity index (χ2n) is 5.08. The summed E-state index contributed by atoms with van der Waals surface area (Å²) < 4.78 is 27.3. The number of benzene rings is 1. The largest absolute Gasteiger partial charge is 0.366 e. The van der Waals surface area contributed by atoms with Crippen molar-refractivity contribution in [1.82, 2.24) is 9.71 Å². The third kappa shape index (κ3) is 3.77. The first-order chi connectivity index (χ1) is 11.4. The van der Waals surface area contributed by atoms with Crippen LogP contribution in [0, 0.1) is 0 Å². The molecule has 1 aromatic carbocycles. The molecule has 0 saturated carbocycles. The maximum absolute atomic E-state index is 12.7. The first-order valence-electron chi connectivity index (χ1n) is 7.25. The Morgan fingerprint density at radius 3 is 2.54 bits per heavy atom. The first-order valence-corrected chi connectivity index (χ1v) is 8.74. The number of amides is 2. The van der Waals surface area contributed by atoms with Crippen molar-refractivity contribution in [2.24, 2.45) is 5.73 Å². The molecule has 0 atom stereocenters. The molecule has 2 amide bonds. The number of carbonyl (C=O) groups excluding carboxylic acids is 2. The van der Waals surface area contributed by atoms with Crippen LogP contribution in [0.5, 0.6) is 0 Å². The highest BCUT2D eigenvalue weighted by Gasteiger charge is 2.27. The number of hydrogen-bond acceptors (Lipinski definition) is 5. The van der Waals surface area contributed by atoms with Crippen LogP contribution in [-0.2, 0) is 16.4 Å². The van der Waals surface area contributed by atoms with E-state index in [1.165, 1.54) is 30.6 Å². The van der Waals surface area contributed by atoms with Gasteiger partial charge in [-0.3, -0.25) is 14.6 Å². The number of aromatic nitrogens is 1. The van der Waals surface area contributed by atoms with E-state index in [1.54, 1.807) is 12.1 Å². The highest BCUT2D eigenvalue weighted by atomic mass is 32.2. The summed E-state index contributed by atoms with van der Waals surface area (Å²) in [5.74, 6) is -1.70. The van der Waals surface area contributed by atoms with Gasteiger partial charge in [-0.25, -0.2) is 13.1 Å². The van der Waals surface area contributed by atoms with Crippen LogP contribution in [0.3, 0.4) is 0 Å². The average molecular weight is 347 g/mol. The van der Waals surface area contributed by atoms with Crippen LogP contribution in [0.4, 0.5) is 0 Å². The summed E-state index contributed by atoms with van der Waals surface area (Å²) in [5.41, 5.74) is 5.67. The van der Waals surface area contributed by atoms with E-state index in [9.17, 15) is 18.0 Å². The van der Waals surface area contributed by atoms with Gasteiger partial charge in [-0.05, 0) is 30.2 Å². The summed E-state index contributed by atoms with van der Waals surface area (Å²) in [6.07, 6.45) is 3.81. The molecule has 2 aromatic rings. The van der Waals surface area contributed by atoms with Gasteiger partial charge in [0.15, 0.2) is 0 Å². The predicted molar refractivity (Wildman–Crippen MR) is 87.8 cm³/mol. The highest BCUT2D eigenvalue weighted by Crippen LogP contribution is 2.22. The van der Waals surface area contributed by atoms with Crippen LogP contribution in [-0.4, -0.2) is 25.2 Å². The Bertz CT molecular complexity index is 864. The van der Waals surface area contributed by atoms with E-state index in [1.807, 2.05) is 11.6 Å². The van der Waals surface area contributed by atoms with Crippen LogP contribution in [0.25, 0.3) is 0 Å². The molecule has 1 heterocycles. The van der Waals surface area contributed by atoms with Crippen molar-refractivity contribution in [3.63, 3.8) is 0 Å². The Morgan fingerprint density at radius 1 is 1.21 bits per heavy atom. The Morgan fingerprint density at radius 2 is 1.96 bits per heavy atom. The lowest BCUT2D eigenvalue weighted by Gasteiger charge is -2.14. The van der Waals surface area contributed by atoms with E-state index in [0.29, 0.717) is 18.4 Å². The van der Waals surface area contributed by atoms with Gasteiger partial charge in [-0.2, -0.15) is 0 Å². The third-order valence-corrected chi connectivity index (χ3v) is 4.77. The van der Waals surface area contributed by atoms with Gasteiger partial charge in [0, 0.05) is 12.4 Å². The van der Waals surface area contributed by atoms with E-state index < -0.39 is 21.8 Å². The van der Waals surface area contributed by atoms with Gasteiger partial charge in [0.2, 0.25) is 5.91 Å². The van der Waals surface area contributed by atoms with Crippen molar-refractivity contribution >= 4 is 21.8 Å². The SMILES string of the molecule is CCCc1cccc(C(N)=O)c1S(=O)(=O)NC(=O)c1cccnc1. The van der Waals surface area contributed by atoms with E-state index in [0.717, 1.165) is 0 Å². The zero-order chi connectivity index (χ0) is 17.7. The maximum atomic E-state index is 12.7. The third-order valence-electron chi connectivity index (χ3n) is 3.30. The van der Waals surface area contributed by atoms with E-state index in [2.05, 4.69) is 4.98 Å². The molecule has 0 spiro atoms. The summed E-state index contributed by atoms with van der Waals surface area (Å²) in [6, 6.07) is 7.43. The molecule has 0 radical (unpaired) electrons. The van der Waals surface area contributed by atoms with Crippen molar-refractivity contribution in [3.8, 4) is 0 Å². The maximum Gasteiger partial charge on any atom is 0.266 e. The fourth-order valence-corrected chi connectivity index (χ4v) is 3.73. The summed E-state index contributed by atoms with van der Waals surface area (Å²) in [4.78, 5) is 27.3. The van der Waals surface area contributed by atoms with Crippen LogP contribution in [0.1, 0.15) is 39.6 Å². The molecule has 7 nitrogen and oxygen atoms in total. The number of primary amides is 1. The van der Waals surface area contributed by atoms with E-state index in [4.69, 9.17) is 5.73 Å². The Labute approximate surface area is 140 Å². The molecule has 0 fully saturated rings. The first kappa shape index (κ1) is 17.6. The van der Waals surface area contributed by atoms with Crippen molar-refractivity contribution < 1.29 is 18.0 Å². The molecule has 8 heteroatoms. The standard InChI is InChI=1S/C16H17N3O4S/c1-2-5-11-6-3-8-13(15(17)20)14(11)24(22,23)19-16(21)12-7-4-9-18-10-12/h3-4,6-10H,2,5H2,1H3,(H2,17,20)(H,19,21). The lowest BCUT2D eigenvalue weighted by atomic mass is 10.1. The second kappa shape index (κ2) is 7.22. The zero-order valence-corrected chi connectivity index (χ0v) is 13.8. The Hall–Kier alpha value is -2.74. The van der Waals surface area contributed by atoms with Gasteiger partial charge in [0.25, 0.3) is 15.9 Å². The molecule has 0 aliphatic heterocycles. The molecule has 24 heavy (non-hydrogen) atoms. The number of rotatable bonds is 6. The fourth-order valence-electron chi connectivity index (χ4n) is 2.29. The number of pyridine rings is 1. The van der Waals surface area contributed by atoms with Gasteiger partial charge >= 0.3 is 0 Å². The Balaban J connectivity index is 2.49. The minimum Gasteiger partial charge on any atom is -0.366 e. The zero-order valence-electron chi connectivity index (χ0n) is 13.0. The number of nitrogens with one attached hydrogen (secondary N) is 1. The lowest BCUT2D eigenvalue weighted by Crippen LogP contribution is -2.33. The molecule has 0 aliphatic rings. The fraction of sp³-hybridized carbons (Fsp3) is 0.188. The number of sulfonamides is 1. The molecule has 126 valence electrons. The smallest absolute Gasteiger partial charge is 0.266 e. The molecule has 0 unspecified atom stereocenters. The molecule has 3 N–H and O–H groups in total.